The standard InChI is InChI=1S/C17H19N3O2/c1-17(2,3)20-16(22)12-4-6-14(7-5-12)19-15(21)13-8-10-18-11-9-13/h4-11H,1-3H3,(H,19,21)(H,20,22). The molecule has 0 aliphatic rings. The van der Waals surface area contributed by atoms with Crippen LogP contribution in [0, 0.1) is 0 Å². The molecule has 1 heterocycles. The Morgan fingerprint density at radius 1 is 0.864 bits per heavy atom. The van der Waals surface area contributed by atoms with Crippen LogP contribution in [0.25, 0.3) is 0 Å². The second-order valence-electron chi connectivity index (χ2n) is 5.97. The Balaban J connectivity index is 2.03. The predicted molar refractivity (Wildman–Crippen MR) is 85.9 cm³/mol. The van der Waals surface area contributed by atoms with Gasteiger partial charge in [0.05, 0.1) is 0 Å². The molecule has 2 aromatic rings. The third-order valence-electron chi connectivity index (χ3n) is 2.84. The van der Waals surface area contributed by atoms with Crippen LogP contribution in [0.3, 0.4) is 0 Å². The highest BCUT2D eigenvalue weighted by Crippen LogP contribution is 2.12. The highest BCUT2D eigenvalue weighted by molar-refractivity contribution is 6.04. The van der Waals surface area contributed by atoms with Gasteiger partial charge in [0, 0.05) is 34.7 Å². The number of carbonyl (C=O) groups is 2. The summed E-state index contributed by atoms with van der Waals surface area (Å²) in [6.07, 6.45) is 3.13. The molecule has 0 bridgehead atoms. The van der Waals surface area contributed by atoms with Crippen LogP contribution >= 0.6 is 0 Å². The van der Waals surface area contributed by atoms with Crippen molar-refractivity contribution in [3.63, 3.8) is 0 Å². The van der Waals surface area contributed by atoms with Crippen LogP contribution in [0.2, 0.25) is 0 Å². The molecule has 114 valence electrons. The number of anilines is 1. The summed E-state index contributed by atoms with van der Waals surface area (Å²) < 4.78 is 0. The number of nitrogens with zero attached hydrogens (tertiary/aromatic N) is 1. The van der Waals surface area contributed by atoms with Gasteiger partial charge in [-0.15, -0.1) is 0 Å². The Labute approximate surface area is 129 Å². The maximum absolute atomic E-state index is 12.0. The minimum Gasteiger partial charge on any atom is -0.347 e. The molecule has 0 atom stereocenters. The summed E-state index contributed by atoms with van der Waals surface area (Å²) in [7, 11) is 0. The maximum Gasteiger partial charge on any atom is 0.255 e. The Bertz CT molecular complexity index is 659. The second kappa shape index (κ2) is 6.39. The summed E-state index contributed by atoms with van der Waals surface area (Å²) in [5.74, 6) is -0.353. The number of rotatable bonds is 3. The van der Waals surface area contributed by atoms with Crippen LogP contribution in [-0.4, -0.2) is 22.3 Å². The zero-order valence-corrected chi connectivity index (χ0v) is 12.9. The number of aromatic nitrogens is 1. The minimum absolute atomic E-state index is 0.139. The van der Waals surface area contributed by atoms with Gasteiger partial charge in [0.2, 0.25) is 0 Å². The summed E-state index contributed by atoms with van der Waals surface area (Å²) in [6.45, 7) is 5.77. The summed E-state index contributed by atoms with van der Waals surface area (Å²) in [4.78, 5) is 27.9. The topological polar surface area (TPSA) is 71.1 Å². The van der Waals surface area contributed by atoms with Crippen LogP contribution in [0.4, 0.5) is 5.69 Å². The van der Waals surface area contributed by atoms with Crippen molar-refractivity contribution in [2.45, 2.75) is 26.3 Å². The number of pyridine rings is 1. The first-order valence-electron chi connectivity index (χ1n) is 6.99. The molecule has 0 unspecified atom stereocenters. The molecular weight excluding hydrogens is 278 g/mol. The van der Waals surface area contributed by atoms with Gasteiger partial charge in [0.1, 0.15) is 0 Å². The predicted octanol–water partition coefficient (Wildman–Crippen LogP) is 2.86. The van der Waals surface area contributed by atoms with E-state index in [1.165, 1.54) is 0 Å². The van der Waals surface area contributed by atoms with Crippen molar-refractivity contribution < 1.29 is 9.59 Å². The molecule has 0 aliphatic heterocycles. The van der Waals surface area contributed by atoms with Gasteiger partial charge < -0.3 is 10.6 Å². The lowest BCUT2D eigenvalue weighted by atomic mass is 10.1. The number of hydrogen-bond donors (Lipinski definition) is 2. The minimum atomic E-state index is -0.286. The van der Waals surface area contributed by atoms with Crippen LogP contribution in [-0.2, 0) is 0 Å². The smallest absolute Gasteiger partial charge is 0.255 e. The fourth-order valence-corrected chi connectivity index (χ4v) is 1.82. The number of amides is 2. The van der Waals surface area contributed by atoms with Gasteiger partial charge >= 0.3 is 0 Å². The Hall–Kier alpha value is -2.69. The average molecular weight is 297 g/mol. The van der Waals surface area contributed by atoms with Gasteiger partial charge in [0.15, 0.2) is 0 Å². The largest absolute Gasteiger partial charge is 0.347 e. The normalized spacial score (nSPS) is 10.9. The molecule has 0 saturated heterocycles. The maximum atomic E-state index is 12.0. The monoisotopic (exact) mass is 297 g/mol. The van der Waals surface area contributed by atoms with Crippen molar-refractivity contribution in [2.75, 3.05) is 5.32 Å². The molecule has 0 spiro atoms. The van der Waals surface area contributed by atoms with Crippen LogP contribution in [0.15, 0.2) is 48.8 Å². The third kappa shape index (κ3) is 4.41. The lowest BCUT2D eigenvalue weighted by molar-refractivity contribution is 0.0919. The van der Waals surface area contributed by atoms with Gasteiger partial charge in [-0.3, -0.25) is 14.6 Å². The molecule has 22 heavy (non-hydrogen) atoms. The molecule has 2 amide bonds. The SMILES string of the molecule is CC(C)(C)NC(=O)c1ccc(NC(=O)c2ccncc2)cc1. The van der Waals surface area contributed by atoms with Crippen LogP contribution in [0.5, 0.6) is 0 Å². The molecule has 0 fully saturated rings. The lowest BCUT2D eigenvalue weighted by Gasteiger charge is -2.20. The van der Waals surface area contributed by atoms with E-state index in [1.54, 1.807) is 48.8 Å². The number of hydrogen-bond acceptors (Lipinski definition) is 3. The van der Waals surface area contributed by atoms with E-state index in [9.17, 15) is 9.59 Å². The average Bonchev–Trinajstić information content (AvgIpc) is 2.47. The molecule has 0 radical (unpaired) electrons. The van der Waals surface area contributed by atoms with Crippen molar-refractivity contribution >= 4 is 17.5 Å². The Morgan fingerprint density at radius 2 is 1.41 bits per heavy atom. The quantitative estimate of drug-likeness (QED) is 0.915. The van der Waals surface area contributed by atoms with E-state index >= 15 is 0 Å². The molecule has 0 aliphatic carbocycles. The van der Waals surface area contributed by atoms with Crippen molar-refractivity contribution in [3.8, 4) is 0 Å². The van der Waals surface area contributed by atoms with E-state index in [0.29, 0.717) is 16.8 Å². The Morgan fingerprint density at radius 3 is 1.95 bits per heavy atom. The number of nitrogens with one attached hydrogen (secondary N) is 2. The fourth-order valence-electron chi connectivity index (χ4n) is 1.82. The first-order chi connectivity index (χ1) is 10.3. The summed E-state index contributed by atoms with van der Waals surface area (Å²) in [5, 5.41) is 5.66. The zero-order valence-electron chi connectivity index (χ0n) is 12.9. The highest BCUT2D eigenvalue weighted by atomic mass is 16.2. The summed E-state index contributed by atoms with van der Waals surface area (Å²) in [6, 6.07) is 10.1. The first-order valence-corrected chi connectivity index (χ1v) is 6.99. The van der Waals surface area contributed by atoms with Crippen molar-refractivity contribution in [3.05, 3.63) is 59.9 Å². The second-order valence-corrected chi connectivity index (χ2v) is 5.97. The van der Waals surface area contributed by atoms with Crippen molar-refractivity contribution in [2.24, 2.45) is 0 Å². The Kier molecular flexibility index (Phi) is 4.56. The van der Waals surface area contributed by atoms with Crippen LogP contribution in [0.1, 0.15) is 41.5 Å². The number of carbonyl (C=O) groups excluding carboxylic acids is 2. The summed E-state index contributed by atoms with van der Waals surface area (Å²) in [5.41, 5.74) is 1.43. The zero-order chi connectivity index (χ0) is 16.2. The van der Waals surface area contributed by atoms with Gasteiger partial charge in [-0.2, -0.15) is 0 Å². The van der Waals surface area contributed by atoms with Crippen LogP contribution < -0.4 is 10.6 Å². The molecule has 2 rings (SSSR count). The lowest BCUT2D eigenvalue weighted by Crippen LogP contribution is -2.40. The van der Waals surface area contributed by atoms with E-state index in [1.807, 2.05) is 20.8 Å². The molecule has 0 saturated carbocycles. The van der Waals surface area contributed by atoms with Gasteiger partial charge in [-0.05, 0) is 57.2 Å². The van der Waals surface area contributed by atoms with Crippen molar-refractivity contribution in [1.29, 1.82) is 0 Å². The molecule has 1 aromatic heterocycles. The molecule has 5 heteroatoms. The van der Waals surface area contributed by atoms with Crippen molar-refractivity contribution in [1.82, 2.24) is 10.3 Å². The number of benzene rings is 1. The van der Waals surface area contributed by atoms with Gasteiger partial charge in [-0.25, -0.2) is 0 Å². The first kappa shape index (κ1) is 15.7. The van der Waals surface area contributed by atoms with E-state index in [2.05, 4.69) is 15.6 Å². The molecule has 5 nitrogen and oxygen atoms in total. The molecular formula is C17H19N3O2. The van der Waals surface area contributed by atoms with E-state index in [4.69, 9.17) is 0 Å². The third-order valence-corrected chi connectivity index (χ3v) is 2.84. The summed E-state index contributed by atoms with van der Waals surface area (Å²) >= 11 is 0. The van der Waals surface area contributed by atoms with Gasteiger partial charge in [-0.1, -0.05) is 0 Å². The molecule has 1 aromatic carbocycles. The van der Waals surface area contributed by atoms with E-state index < -0.39 is 0 Å². The van der Waals surface area contributed by atoms with E-state index in [0.717, 1.165) is 0 Å². The molecule has 2 N–H and O–H groups in total. The van der Waals surface area contributed by atoms with E-state index in [-0.39, 0.29) is 17.4 Å². The fraction of sp³-hybridized carbons (Fsp3) is 0.235. The highest BCUT2D eigenvalue weighted by Gasteiger charge is 2.15. The van der Waals surface area contributed by atoms with Gasteiger partial charge in [0.25, 0.3) is 11.8 Å².